The molecule has 6 heteroatoms. The molecule has 2 aromatic carbocycles. The number of ketones is 1. The van der Waals surface area contributed by atoms with Gasteiger partial charge in [0.1, 0.15) is 5.75 Å². The summed E-state index contributed by atoms with van der Waals surface area (Å²) in [6.07, 6.45) is 0.295. The number of nitrogens with one attached hydrogen (secondary N) is 1. The number of aliphatic imine (C=N–C) groups is 1. The van der Waals surface area contributed by atoms with Crippen molar-refractivity contribution in [3.63, 3.8) is 0 Å². The minimum atomic E-state index is -0.520. The minimum Gasteiger partial charge on any atom is -0.497 e. The molecule has 0 saturated carbocycles. The van der Waals surface area contributed by atoms with Gasteiger partial charge >= 0.3 is 6.09 Å². The van der Waals surface area contributed by atoms with Gasteiger partial charge in [0.15, 0.2) is 5.78 Å². The Kier molecular flexibility index (Phi) is 6.25. The van der Waals surface area contributed by atoms with E-state index < -0.39 is 6.09 Å². The molecule has 0 bridgehead atoms. The van der Waals surface area contributed by atoms with Crippen LogP contribution in [-0.2, 0) is 11.2 Å². The number of rotatable bonds is 6. The van der Waals surface area contributed by atoms with Crippen molar-refractivity contribution in [2.75, 3.05) is 12.4 Å². The highest BCUT2D eigenvalue weighted by atomic mass is 16.6. The molecule has 3 rings (SSSR count). The molecule has 30 heavy (non-hydrogen) atoms. The summed E-state index contributed by atoms with van der Waals surface area (Å²) in [5.74, 6) is 0.717. The number of hydrogen-bond acceptors (Lipinski definition) is 5. The van der Waals surface area contributed by atoms with Gasteiger partial charge in [0.2, 0.25) is 0 Å². The number of methoxy groups -OCH3 is 1. The topological polar surface area (TPSA) is 77.0 Å². The molecule has 0 fully saturated rings. The first-order chi connectivity index (χ1) is 14.2. The molecule has 1 aliphatic rings. The summed E-state index contributed by atoms with van der Waals surface area (Å²) in [7, 11) is 1.63. The number of fused-ring (bicyclic) bond motifs is 1. The first-order valence-electron chi connectivity index (χ1n) is 10.0. The average molecular weight is 408 g/mol. The Bertz CT molecular complexity index is 975. The standard InChI is InChI=1S/C24H28N2O4/c1-15(2)30-23(28)25-18-9-6-16(7-10-18)22(27)13-21-20-12-19(29-5)11-8-17(20)14-24(3,4)26-21/h6-12,15H,13-14H2,1-5H3,(H,25,28). The number of ether oxygens (including phenoxy) is 2. The average Bonchev–Trinajstić information content (AvgIpc) is 2.66. The van der Waals surface area contributed by atoms with E-state index in [2.05, 4.69) is 19.2 Å². The van der Waals surface area contributed by atoms with E-state index in [1.54, 1.807) is 45.2 Å². The van der Waals surface area contributed by atoms with Gasteiger partial charge in [-0.3, -0.25) is 15.1 Å². The highest BCUT2D eigenvalue weighted by molar-refractivity contribution is 6.17. The second kappa shape index (κ2) is 8.69. The number of benzene rings is 2. The lowest BCUT2D eigenvalue weighted by atomic mass is 9.85. The smallest absolute Gasteiger partial charge is 0.411 e. The monoisotopic (exact) mass is 408 g/mol. The third-order valence-electron chi connectivity index (χ3n) is 4.81. The predicted octanol–water partition coefficient (Wildman–Crippen LogP) is 5.05. The van der Waals surface area contributed by atoms with Gasteiger partial charge in [-0.15, -0.1) is 0 Å². The Morgan fingerprint density at radius 3 is 2.47 bits per heavy atom. The maximum absolute atomic E-state index is 12.9. The first-order valence-corrected chi connectivity index (χ1v) is 10.0. The summed E-state index contributed by atoms with van der Waals surface area (Å²) in [6.45, 7) is 7.71. The van der Waals surface area contributed by atoms with Crippen LogP contribution in [0.2, 0.25) is 0 Å². The van der Waals surface area contributed by atoms with Gasteiger partial charge < -0.3 is 9.47 Å². The van der Waals surface area contributed by atoms with Gasteiger partial charge in [-0.05, 0) is 76.1 Å². The Morgan fingerprint density at radius 1 is 1.13 bits per heavy atom. The van der Waals surface area contributed by atoms with Crippen molar-refractivity contribution in [3.05, 3.63) is 59.2 Å². The number of carbonyl (C=O) groups is 2. The SMILES string of the molecule is COc1ccc2c(c1)C(CC(=O)c1ccc(NC(=O)OC(C)C)cc1)=NC(C)(C)C2. The van der Waals surface area contributed by atoms with Gasteiger partial charge in [0.05, 0.1) is 30.9 Å². The molecule has 0 radical (unpaired) electrons. The minimum absolute atomic E-state index is 0.0310. The zero-order chi connectivity index (χ0) is 21.9. The third-order valence-corrected chi connectivity index (χ3v) is 4.81. The van der Waals surface area contributed by atoms with Crippen LogP contribution in [-0.4, -0.2) is 36.3 Å². The van der Waals surface area contributed by atoms with Gasteiger partial charge in [-0.1, -0.05) is 6.07 Å². The highest BCUT2D eigenvalue weighted by Gasteiger charge is 2.28. The molecule has 0 atom stereocenters. The lowest BCUT2D eigenvalue weighted by Crippen LogP contribution is -2.30. The van der Waals surface area contributed by atoms with E-state index in [-0.39, 0.29) is 23.8 Å². The van der Waals surface area contributed by atoms with Crippen molar-refractivity contribution >= 4 is 23.3 Å². The van der Waals surface area contributed by atoms with E-state index in [4.69, 9.17) is 14.5 Å². The molecule has 0 aromatic heterocycles. The normalized spacial score (nSPS) is 14.5. The number of Topliss-reactive ketones (excluding diaryl/α,β-unsaturated/α-hetero) is 1. The summed E-state index contributed by atoms with van der Waals surface area (Å²) in [5.41, 5.74) is 3.78. The fourth-order valence-electron chi connectivity index (χ4n) is 3.53. The second-order valence-electron chi connectivity index (χ2n) is 8.33. The van der Waals surface area contributed by atoms with Crippen LogP contribution >= 0.6 is 0 Å². The third kappa shape index (κ3) is 5.26. The van der Waals surface area contributed by atoms with Crippen LogP contribution in [0.25, 0.3) is 0 Å². The van der Waals surface area contributed by atoms with Crippen LogP contribution in [0.15, 0.2) is 47.5 Å². The first kappa shape index (κ1) is 21.6. The lowest BCUT2D eigenvalue weighted by molar-refractivity contribution is 0.100. The zero-order valence-corrected chi connectivity index (χ0v) is 18.1. The Hall–Kier alpha value is -3.15. The molecule has 0 aliphatic carbocycles. The molecule has 6 nitrogen and oxygen atoms in total. The fourth-order valence-corrected chi connectivity index (χ4v) is 3.53. The number of amides is 1. The summed E-state index contributed by atoms with van der Waals surface area (Å²) >= 11 is 0. The quantitative estimate of drug-likeness (QED) is 0.679. The molecule has 158 valence electrons. The molecule has 1 heterocycles. The van der Waals surface area contributed by atoms with Crippen molar-refractivity contribution in [1.29, 1.82) is 0 Å². The largest absolute Gasteiger partial charge is 0.497 e. The molecule has 1 aliphatic heterocycles. The van der Waals surface area contributed by atoms with E-state index in [9.17, 15) is 9.59 Å². The Balaban J connectivity index is 1.77. The Morgan fingerprint density at radius 2 is 1.83 bits per heavy atom. The molecule has 2 aromatic rings. The molecule has 0 saturated heterocycles. The van der Waals surface area contributed by atoms with E-state index in [1.165, 1.54) is 5.56 Å². The molecule has 0 unspecified atom stereocenters. The number of nitrogens with zero attached hydrogens (tertiary/aromatic N) is 1. The molecule has 0 spiro atoms. The van der Waals surface area contributed by atoms with E-state index in [1.807, 2.05) is 18.2 Å². The van der Waals surface area contributed by atoms with Crippen molar-refractivity contribution in [3.8, 4) is 5.75 Å². The number of hydrogen-bond donors (Lipinski definition) is 1. The van der Waals surface area contributed by atoms with Gasteiger partial charge in [0.25, 0.3) is 0 Å². The van der Waals surface area contributed by atoms with Gasteiger partial charge in [-0.25, -0.2) is 4.79 Å². The maximum Gasteiger partial charge on any atom is 0.411 e. The second-order valence-corrected chi connectivity index (χ2v) is 8.33. The summed E-state index contributed by atoms with van der Waals surface area (Å²) < 4.78 is 10.4. The number of carbonyl (C=O) groups excluding carboxylic acids is 2. The summed E-state index contributed by atoms with van der Waals surface area (Å²) in [4.78, 5) is 29.5. The van der Waals surface area contributed by atoms with Crippen LogP contribution in [0.3, 0.4) is 0 Å². The Labute approximate surface area is 177 Å². The number of anilines is 1. The van der Waals surface area contributed by atoms with Gasteiger partial charge in [-0.2, -0.15) is 0 Å². The molecular formula is C24H28N2O4. The van der Waals surface area contributed by atoms with Crippen molar-refractivity contribution < 1.29 is 19.1 Å². The highest BCUT2D eigenvalue weighted by Crippen LogP contribution is 2.31. The van der Waals surface area contributed by atoms with Crippen LogP contribution in [0.5, 0.6) is 5.75 Å². The maximum atomic E-state index is 12.9. The lowest BCUT2D eigenvalue weighted by Gasteiger charge is -2.29. The molecule has 1 N–H and O–H groups in total. The van der Waals surface area contributed by atoms with Gasteiger partial charge in [0, 0.05) is 16.8 Å². The summed E-state index contributed by atoms with van der Waals surface area (Å²) in [5, 5.41) is 2.65. The molecular weight excluding hydrogens is 380 g/mol. The predicted molar refractivity (Wildman–Crippen MR) is 118 cm³/mol. The van der Waals surface area contributed by atoms with E-state index in [0.717, 1.165) is 23.4 Å². The van der Waals surface area contributed by atoms with Crippen molar-refractivity contribution in [2.24, 2.45) is 4.99 Å². The zero-order valence-electron chi connectivity index (χ0n) is 18.1. The van der Waals surface area contributed by atoms with E-state index in [0.29, 0.717) is 11.3 Å². The van der Waals surface area contributed by atoms with Crippen LogP contribution in [0, 0.1) is 0 Å². The molecule has 1 amide bonds. The fraction of sp³-hybridized carbons (Fsp3) is 0.375. The van der Waals surface area contributed by atoms with Crippen molar-refractivity contribution in [1.82, 2.24) is 0 Å². The summed E-state index contributed by atoms with van der Waals surface area (Å²) in [6, 6.07) is 12.7. The van der Waals surface area contributed by atoms with Crippen LogP contribution < -0.4 is 10.1 Å². The van der Waals surface area contributed by atoms with E-state index >= 15 is 0 Å². The van der Waals surface area contributed by atoms with Crippen LogP contribution in [0.1, 0.15) is 55.6 Å². The van der Waals surface area contributed by atoms with Crippen LogP contribution in [0.4, 0.5) is 10.5 Å². The van der Waals surface area contributed by atoms with Crippen molar-refractivity contribution in [2.45, 2.75) is 52.2 Å².